The predicted molar refractivity (Wildman–Crippen MR) is 121 cm³/mol. The van der Waals surface area contributed by atoms with Crippen molar-refractivity contribution >= 4 is 5.97 Å². The third-order valence-corrected chi connectivity index (χ3v) is 5.03. The number of aliphatic hydroxyl groups is 1. The average molecular weight is 490 g/mol. The summed E-state index contributed by atoms with van der Waals surface area (Å²) >= 11 is 0. The highest BCUT2D eigenvalue weighted by Crippen LogP contribution is 2.34. The highest BCUT2D eigenvalue weighted by Gasteiger charge is 2.46. The lowest BCUT2D eigenvalue weighted by molar-refractivity contribution is -0.274. The van der Waals surface area contributed by atoms with E-state index in [-0.39, 0.29) is 12.4 Å². The van der Waals surface area contributed by atoms with E-state index in [4.69, 9.17) is 14.2 Å². The quantitative estimate of drug-likeness (QED) is 0.373. The fourth-order valence-electron chi connectivity index (χ4n) is 3.24. The molecule has 9 heteroatoms. The van der Waals surface area contributed by atoms with E-state index in [0.717, 1.165) is 17.7 Å². The molecule has 0 saturated heterocycles. The number of esters is 1. The van der Waals surface area contributed by atoms with Crippen molar-refractivity contribution in [2.45, 2.75) is 38.5 Å². The summed E-state index contributed by atoms with van der Waals surface area (Å²) in [6, 6.07) is 20.6. The Labute approximate surface area is 200 Å². The van der Waals surface area contributed by atoms with E-state index in [0.29, 0.717) is 17.9 Å². The summed E-state index contributed by atoms with van der Waals surface area (Å²) in [5, 5.41) is 11.1. The summed E-state index contributed by atoms with van der Waals surface area (Å²) in [5.41, 5.74) is -0.550. The van der Waals surface area contributed by atoms with E-state index in [1.807, 2.05) is 30.3 Å². The molecule has 2 unspecified atom stereocenters. The van der Waals surface area contributed by atoms with Crippen LogP contribution in [0.15, 0.2) is 78.9 Å². The van der Waals surface area contributed by atoms with Crippen molar-refractivity contribution in [3.63, 3.8) is 0 Å². The van der Waals surface area contributed by atoms with Gasteiger partial charge in [0, 0.05) is 0 Å². The van der Waals surface area contributed by atoms with Gasteiger partial charge < -0.3 is 24.1 Å². The Hall–Kier alpha value is -3.72. The Morgan fingerprint density at radius 2 is 1.40 bits per heavy atom. The zero-order valence-electron chi connectivity index (χ0n) is 19.1. The molecule has 3 rings (SSSR count). The second kappa shape index (κ2) is 11.1. The number of benzene rings is 3. The molecule has 3 aromatic carbocycles. The minimum absolute atomic E-state index is 0.0368. The maximum atomic E-state index is 12.8. The molecule has 0 spiro atoms. The number of alkyl halides is 3. The second-order valence-electron chi connectivity index (χ2n) is 7.69. The molecule has 2 atom stereocenters. The molecule has 0 amide bonds. The predicted octanol–water partition coefficient (Wildman–Crippen LogP) is 5.60. The van der Waals surface area contributed by atoms with Crippen molar-refractivity contribution in [1.29, 1.82) is 0 Å². The molecule has 1 N–H and O–H groups in total. The highest BCUT2D eigenvalue weighted by atomic mass is 19.4. The average Bonchev–Trinajstić information content (AvgIpc) is 2.83. The van der Waals surface area contributed by atoms with Gasteiger partial charge in [-0.25, -0.2) is 4.79 Å². The van der Waals surface area contributed by atoms with Crippen LogP contribution in [0.4, 0.5) is 13.2 Å². The third kappa shape index (κ3) is 7.13. The molecule has 186 valence electrons. The summed E-state index contributed by atoms with van der Waals surface area (Å²) in [5.74, 6) is -0.692. The highest BCUT2D eigenvalue weighted by molar-refractivity contribution is 5.80. The summed E-state index contributed by atoms with van der Waals surface area (Å²) in [7, 11) is 0. The van der Waals surface area contributed by atoms with E-state index in [2.05, 4.69) is 4.74 Å². The van der Waals surface area contributed by atoms with E-state index in [1.165, 1.54) is 19.1 Å². The van der Waals surface area contributed by atoms with E-state index in [1.54, 1.807) is 31.2 Å². The van der Waals surface area contributed by atoms with Gasteiger partial charge in [-0.3, -0.25) is 0 Å². The lowest BCUT2D eigenvalue weighted by Crippen LogP contribution is -2.48. The maximum absolute atomic E-state index is 12.8. The fourth-order valence-corrected chi connectivity index (χ4v) is 3.24. The summed E-state index contributed by atoms with van der Waals surface area (Å²) in [4.78, 5) is 12.8. The molecule has 0 heterocycles. The molecule has 6 nitrogen and oxygen atoms in total. The molecule has 0 aliphatic heterocycles. The number of carbonyl (C=O) groups is 1. The topological polar surface area (TPSA) is 74.2 Å². The van der Waals surface area contributed by atoms with Crippen molar-refractivity contribution in [1.82, 2.24) is 0 Å². The van der Waals surface area contributed by atoms with Gasteiger partial charge in [-0.2, -0.15) is 0 Å². The van der Waals surface area contributed by atoms with Crippen molar-refractivity contribution < 1.29 is 42.0 Å². The molecule has 0 fully saturated rings. The standard InChI is InChI=1S/C26H25F3O6/c1-3-32-24(31)25(2,34-21-13-15-22(16-14-21)35-26(27,28)29)23(30)19-9-11-20(12-10-19)33-17-18-7-5-4-6-8-18/h4-16,23,30H,3,17H2,1-2H3. The molecule has 0 aliphatic carbocycles. The van der Waals surface area contributed by atoms with Gasteiger partial charge in [0.05, 0.1) is 6.61 Å². The Morgan fingerprint density at radius 1 is 0.857 bits per heavy atom. The van der Waals surface area contributed by atoms with E-state index < -0.39 is 29.8 Å². The van der Waals surface area contributed by atoms with Crippen LogP contribution in [0.5, 0.6) is 17.2 Å². The van der Waals surface area contributed by atoms with Gasteiger partial charge in [-0.15, -0.1) is 13.2 Å². The SMILES string of the molecule is CCOC(=O)C(C)(Oc1ccc(OC(F)(F)F)cc1)C(O)c1ccc(OCc2ccccc2)cc1. The lowest BCUT2D eigenvalue weighted by Gasteiger charge is -2.33. The molecule has 0 bridgehead atoms. The van der Waals surface area contributed by atoms with Gasteiger partial charge in [0.1, 0.15) is 30.0 Å². The summed E-state index contributed by atoms with van der Waals surface area (Å²) in [6.45, 7) is 3.35. The Kier molecular flexibility index (Phi) is 8.24. The first-order valence-electron chi connectivity index (χ1n) is 10.8. The fraction of sp³-hybridized carbons (Fsp3) is 0.269. The van der Waals surface area contributed by atoms with Crippen LogP contribution in [0.3, 0.4) is 0 Å². The summed E-state index contributed by atoms with van der Waals surface area (Å²) in [6.07, 6.45) is -6.30. The van der Waals surface area contributed by atoms with Crippen LogP contribution in [-0.2, 0) is 16.1 Å². The lowest BCUT2D eigenvalue weighted by atomic mass is 9.92. The van der Waals surface area contributed by atoms with Gasteiger partial charge in [-0.05, 0) is 61.4 Å². The van der Waals surface area contributed by atoms with Crippen LogP contribution < -0.4 is 14.2 Å². The zero-order valence-corrected chi connectivity index (χ0v) is 19.1. The van der Waals surface area contributed by atoms with Gasteiger partial charge in [0.15, 0.2) is 0 Å². The largest absolute Gasteiger partial charge is 0.573 e. The van der Waals surface area contributed by atoms with Gasteiger partial charge in [0.2, 0.25) is 5.60 Å². The van der Waals surface area contributed by atoms with Crippen molar-refractivity contribution in [2.75, 3.05) is 6.61 Å². The molecule has 0 aromatic heterocycles. The number of ether oxygens (including phenoxy) is 4. The molecule has 35 heavy (non-hydrogen) atoms. The zero-order chi connectivity index (χ0) is 25.5. The molecular formula is C26H25F3O6. The van der Waals surface area contributed by atoms with Crippen molar-refractivity contribution in [2.24, 2.45) is 0 Å². The molecule has 0 radical (unpaired) electrons. The van der Waals surface area contributed by atoms with Crippen LogP contribution in [-0.4, -0.2) is 29.6 Å². The Bertz CT molecular complexity index is 1080. The Balaban J connectivity index is 1.76. The first-order valence-corrected chi connectivity index (χ1v) is 10.8. The third-order valence-electron chi connectivity index (χ3n) is 5.03. The number of halogens is 3. The first kappa shape index (κ1) is 25.9. The van der Waals surface area contributed by atoms with Gasteiger partial charge in [0.25, 0.3) is 0 Å². The van der Waals surface area contributed by atoms with E-state index >= 15 is 0 Å². The minimum Gasteiger partial charge on any atom is -0.489 e. The molecule has 0 aliphatic rings. The number of carbonyl (C=O) groups excluding carboxylic acids is 1. The minimum atomic E-state index is -4.84. The van der Waals surface area contributed by atoms with Crippen molar-refractivity contribution in [3.05, 3.63) is 90.0 Å². The van der Waals surface area contributed by atoms with E-state index in [9.17, 15) is 23.1 Å². The van der Waals surface area contributed by atoms with Crippen LogP contribution in [0, 0.1) is 0 Å². The maximum Gasteiger partial charge on any atom is 0.573 e. The number of hydrogen-bond acceptors (Lipinski definition) is 6. The van der Waals surface area contributed by atoms with Gasteiger partial charge in [-0.1, -0.05) is 42.5 Å². The molecular weight excluding hydrogens is 465 g/mol. The second-order valence-corrected chi connectivity index (χ2v) is 7.69. The molecule has 0 saturated carbocycles. The van der Waals surface area contributed by atoms with Crippen LogP contribution in [0.1, 0.15) is 31.1 Å². The van der Waals surface area contributed by atoms with Crippen LogP contribution >= 0.6 is 0 Å². The van der Waals surface area contributed by atoms with Gasteiger partial charge >= 0.3 is 12.3 Å². The normalized spacial score (nSPS) is 13.9. The number of aliphatic hydroxyl groups excluding tert-OH is 1. The number of hydrogen-bond donors (Lipinski definition) is 1. The Morgan fingerprint density at radius 3 is 1.94 bits per heavy atom. The smallest absolute Gasteiger partial charge is 0.489 e. The summed E-state index contributed by atoms with van der Waals surface area (Å²) < 4.78 is 57.7. The number of rotatable bonds is 10. The first-order chi connectivity index (χ1) is 16.6. The van der Waals surface area contributed by atoms with Crippen LogP contribution in [0.2, 0.25) is 0 Å². The molecule has 3 aromatic rings. The van der Waals surface area contributed by atoms with Crippen molar-refractivity contribution in [3.8, 4) is 17.2 Å². The monoisotopic (exact) mass is 490 g/mol. The van der Waals surface area contributed by atoms with Crippen LogP contribution in [0.25, 0.3) is 0 Å².